The van der Waals surface area contributed by atoms with Crippen molar-refractivity contribution in [2.24, 2.45) is 0 Å². The summed E-state index contributed by atoms with van der Waals surface area (Å²) in [4.78, 5) is 15.1. The highest BCUT2D eigenvalue weighted by atomic mass is 16.3. The normalized spacial score (nSPS) is 23.6. The molecule has 0 unspecified atom stereocenters. The molecule has 1 heterocycles. The van der Waals surface area contributed by atoms with E-state index in [-0.39, 0.29) is 12.1 Å². The lowest BCUT2D eigenvalue weighted by molar-refractivity contribution is 0.111. The van der Waals surface area contributed by atoms with Crippen LogP contribution in [-0.2, 0) is 0 Å². The molecule has 0 saturated heterocycles. The van der Waals surface area contributed by atoms with Gasteiger partial charge in [0.15, 0.2) is 0 Å². The number of aliphatic hydroxyl groups excluding tert-OH is 1. The fourth-order valence-electron chi connectivity index (χ4n) is 2.91. The first kappa shape index (κ1) is 12.2. The zero-order valence-electron chi connectivity index (χ0n) is 10.6. The monoisotopic (exact) mass is 259 g/mol. The summed E-state index contributed by atoms with van der Waals surface area (Å²) in [6, 6.07) is 5.72. The molecular formula is C14H17N3O2. The number of aromatic nitrogens is 2. The highest BCUT2D eigenvalue weighted by molar-refractivity contribution is 5.86. The van der Waals surface area contributed by atoms with Crippen molar-refractivity contribution in [1.82, 2.24) is 9.55 Å². The number of carbonyl (C=O) groups is 1. The topological polar surface area (TPSA) is 81.1 Å². The lowest BCUT2D eigenvalue weighted by Gasteiger charge is -2.27. The average Bonchev–Trinajstić information content (AvgIpc) is 2.74. The van der Waals surface area contributed by atoms with E-state index in [0.717, 1.165) is 43.0 Å². The Balaban J connectivity index is 2.03. The van der Waals surface area contributed by atoms with Crippen LogP contribution in [0.2, 0.25) is 0 Å². The lowest BCUT2D eigenvalue weighted by atomic mass is 9.93. The van der Waals surface area contributed by atoms with Gasteiger partial charge < -0.3 is 15.4 Å². The quantitative estimate of drug-likeness (QED) is 0.807. The summed E-state index contributed by atoms with van der Waals surface area (Å²) in [7, 11) is 0. The molecule has 1 aliphatic carbocycles. The Kier molecular flexibility index (Phi) is 2.98. The first-order chi connectivity index (χ1) is 9.19. The molecule has 0 amide bonds. The molecule has 5 nitrogen and oxygen atoms in total. The molecule has 2 aromatic rings. The van der Waals surface area contributed by atoms with Crippen molar-refractivity contribution in [2.75, 3.05) is 5.73 Å². The van der Waals surface area contributed by atoms with Crippen LogP contribution < -0.4 is 5.73 Å². The molecule has 1 aromatic carbocycles. The van der Waals surface area contributed by atoms with Gasteiger partial charge in [0.2, 0.25) is 5.95 Å². The Bertz CT molecular complexity index is 612. The van der Waals surface area contributed by atoms with Crippen LogP contribution in [-0.4, -0.2) is 27.0 Å². The molecule has 3 rings (SSSR count). The molecule has 0 spiro atoms. The lowest BCUT2D eigenvalue weighted by Crippen LogP contribution is -2.22. The van der Waals surface area contributed by atoms with Gasteiger partial charge in [0.25, 0.3) is 0 Å². The Labute approximate surface area is 111 Å². The molecule has 1 saturated carbocycles. The number of hydrogen-bond acceptors (Lipinski definition) is 4. The number of imidazole rings is 1. The van der Waals surface area contributed by atoms with Gasteiger partial charge in [-0.05, 0) is 43.9 Å². The molecule has 100 valence electrons. The molecule has 1 aromatic heterocycles. The standard InChI is InChI=1S/C14H17N3O2/c15-14-16-12-7-9(8-18)1-6-13(12)17(14)10-2-4-11(19)5-3-10/h1,6-8,10-11,19H,2-5H2,(H2,15,16). The van der Waals surface area contributed by atoms with Crippen LogP contribution in [0.3, 0.4) is 0 Å². The molecule has 1 aliphatic rings. The van der Waals surface area contributed by atoms with Gasteiger partial charge in [-0.2, -0.15) is 0 Å². The molecule has 0 aliphatic heterocycles. The zero-order chi connectivity index (χ0) is 13.4. The number of fused-ring (bicyclic) bond motifs is 1. The number of carbonyl (C=O) groups excluding carboxylic acids is 1. The molecule has 19 heavy (non-hydrogen) atoms. The third kappa shape index (κ3) is 2.10. The molecular weight excluding hydrogens is 242 g/mol. The van der Waals surface area contributed by atoms with Crippen molar-refractivity contribution in [3.8, 4) is 0 Å². The molecule has 5 heteroatoms. The highest BCUT2D eigenvalue weighted by Crippen LogP contribution is 2.33. The second-order valence-corrected chi connectivity index (χ2v) is 5.17. The molecule has 0 bridgehead atoms. The van der Waals surface area contributed by atoms with Gasteiger partial charge in [-0.1, -0.05) is 0 Å². The van der Waals surface area contributed by atoms with Crippen molar-refractivity contribution in [3.05, 3.63) is 23.8 Å². The number of anilines is 1. The van der Waals surface area contributed by atoms with Crippen molar-refractivity contribution in [3.63, 3.8) is 0 Å². The van der Waals surface area contributed by atoms with Crippen molar-refractivity contribution in [1.29, 1.82) is 0 Å². The summed E-state index contributed by atoms with van der Waals surface area (Å²) in [5.41, 5.74) is 8.34. The number of aldehydes is 1. The average molecular weight is 259 g/mol. The molecule has 0 radical (unpaired) electrons. The number of benzene rings is 1. The predicted molar refractivity (Wildman–Crippen MR) is 73.0 cm³/mol. The largest absolute Gasteiger partial charge is 0.393 e. The van der Waals surface area contributed by atoms with Gasteiger partial charge >= 0.3 is 0 Å². The van der Waals surface area contributed by atoms with Gasteiger partial charge in [0, 0.05) is 11.6 Å². The Morgan fingerprint density at radius 3 is 2.74 bits per heavy atom. The smallest absolute Gasteiger partial charge is 0.201 e. The van der Waals surface area contributed by atoms with Crippen molar-refractivity contribution >= 4 is 23.3 Å². The summed E-state index contributed by atoms with van der Waals surface area (Å²) < 4.78 is 2.04. The summed E-state index contributed by atoms with van der Waals surface area (Å²) in [6.07, 6.45) is 4.05. The first-order valence-electron chi connectivity index (χ1n) is 6.59. The second kappa shape index (κ2) is 4.66. The van der Waals surface area contributed by atoms with E-state index in [1.54, 1.807) is 12.1 Å². The van der Waals surface area contributed by atoms with Crippen LogP contribution >= 0.6 is 0 Å². The van der Waals surface area contributed by atoms with E-state index in [9.17, 15) is 9.90 Å². The molecule has 3 N–H and O–H groups in total. The van der Waals surface area contributed by atoms with Crippen LogP contribution in [0.4, 0.5) is 5.95 Å². The Hall–Kier alpha value is -1.88. The number of rotatable bonds is 2. The minimum Gasteiger partial charge on any atom is -0.393 e. The van der Waals surface area contributed by atoms with E-state index in [1.165, 1.54) is 0 Å². The zero-order valence-corrected chi connectivity index (χ0v) is 10.6. The minimum atomic E-state index is -0.186. The predicted octanol–water partition coefficient (Wildman–Crippen LogP) is 1.91. The summed E-state index contributed by atoms with van der Waals surface area (Å²) in [5.74, 6) is 0.486. The van der Waals surface area contributed by atoms with Crippen molar-refractivity contribution < 1.29 is 9.90 Å². The van der Waals surface area contributed by atoms with Gasteiger partial charge in [0.1, 0.15) is 6.29 Å². The van der Waals surface area contributed by atoms with Gasteiger partial charge in [-0.15, -0.1) is 0 Å². The number of hydrogen-bond donors (Lipinski definition) is 2. The minimum absolute atomic E-state index is 0.186. The number of nitrogens with zero attached hydrogens (tertiary/aromatic N) is 2. The van der Waals surface area contributed by atoms with Crippen molar-refractivity contribution in [2.45, 2.75) is 37.8 Å². The van der Waals surface area contributed by atoms with Crippen LogP contribution in [0.1, 0.15) is 42.1 Å². The maximum atomic E-state index is 10.8. The van der Waals surface area contributed by atoms with E-state index >= 15 is 0 Å². The van der Waals surface area contributed by atoms with Gasteiger partial charge in [-0.25, -0.2) is 4.98 Å². The fourth-order valence-corrected chi connectivity index (χ4v) is 2.91. The van der Waals surface area contributed by atoms with E-state index in [1.807, 2.05) is 10.6 Å². The third-order valence-electron chi connectivity index (χ3n) is 3.91. The van der Waals surface area contributed by atoms with Gasteiger partial charge in [-0.3, -0.25) is 4.79 Å². The van der Waals surface area contributed by atoms with Crippen LogP contribution in [0.25, 0.3) is 11.0 Å². The number of nitrogens with two attached hydrogens (primary N) is 1. The summed E-state index contributed by atoms with van der Waals surface area (Å²) in [6.45, 7) is 0. The maximum Gasteiger partial charge on any atom is 0.201 e. The van der Waals surface area contributed by atoms with E-state index in [0.29, 0.717) is 11.5 Å². The maximum absolute atomic E-state index is 10.8. The second-order valence-electron chi connectivity index (χ2n) is 5.17. The van der Waals surface area contributed by atoms with Crippen LogP contribution in [0.5, 0.6) is 0 Å². The molecule has 0 atom stereocenters. The first-order valence-corrected chi connectivity index (χ1v) is 6.59. The number of nitrogen functional groups attached to an aromatic ring is 1. The Morgan fingerprint density at radius 2 is 2.05 bits per heavy atom. The Morgan fingerprint density at radius 1 is 1.32 bits per heavy atom. The summed E-state index contributed by atoms with van der Waals surface area (Å²) in [5, 5.41) is 9.58. The van der Waals surface area contributed by atoms with Gasteiger partial charge in [0.05, 0.1) is 17.1 Å². The highest BCUT2D eigenvalue weighted by Gasteiger charge is 2.23. The summed E-state index contributed by atoms with van der Waals surface area (Å²) >= 11 is 0. The van der Waals surface area contributed by atoms with E-state index < -0.39 is 0 Å². The van der Waals surface area contributed by atoms with E-state index in [2.05, 4.69) is 4.98 Å². The van der Waals surface area contributed by atoms with E-state index in [4.69, 9.17) is 5.73 Å². The van der Waals surface area contributed by atoms with Crippen LogP contribution in [0, 0.1) is 0 Å². The molecule has 1 fully saturated rings. The SMILES string of the molecule is Nc1nc2cc(C=O)ccc2n1C1CCC(O)CC1. The number of aliphatic hydroxyl groups is 1. The fraction of sp³-hybridized carbons (Fsp3) is 0.429. The third-order valence-corrected chi connectivity index (χ3v) is 3.91. The van der Waals surface area contributed by atoms with Crippen LogP contribution in [0.15, 0.2) is 18.2 Å².